The van der Waals surface area contributed by atoms with Crippen LogP contribution in [0.3, 0.4) is 0 Å². The van der Waals surface area contributed by atoms with Crippen LogP contribution in [0, 0.1) is 5.41 Å². The number of carbonyl (C=O) groups excluding carboxylic acids is 3. The number of carboxylic acid groups (broad SMARTS) is 1. The molecule has 0 saturated heterocycles. The number of nitrogens with one attached hydrogen (secondary N) is 2. The average molecular weight is 777 g/mol. The van der Waals surface area contributed by atoms with Crippen molar-refractivity contribution in [2.45, 2.75) is 142 Å². The van der Waals surface area contributed by atoms with Gasteiger partial charge in [-0.2, -0.15) is 0 Å². The number of benzene rings is 3. The van der Waals surface area contributed by atoms with Gasteiger partial charge >= 0.3 is 11.0 Å². The van der Waals surface area contributed by atoms with Gasteiger partial charge in [-0.1, -0.05) is 154 Å². The van der Waals surface area contributed by atoms with Gasteiger partial charge in [-0.3, -0.25) is 14.4 Å². The lowest BCUT2D eigenvalue weighted by Gasteiger charge is -2.31. The number of anilines is 2. The smallest absolute Gasteiger partial charge is 0.337 e. The topological polar surface area (TPSA) is 131 Å². The first-order valence-electron chi connectivity index (χ1n) is 20.0. The van der Waals surface area contributed by atoms with E-state index in [4.69, 9.17) is 21.1 Å². The van der Waals surface area contributed by atoms with Gasteiger partial charge in [-0.25, -0.2) is 4.79 Å². The Morgan fingerprint density at radius 2 is 1.31 bits per heavy atom. The molecule has 2 amide bonds. The lowest BCUT2D eigenvalue weighted by atomic mass is 9.86. The number of halogens is 1. The summed E-state index contributed by atoms with van der Waals surface area (Å²) in [7, 11) is 0. The Morgan fingerprint density at radius 3 is 1.87 bits per heavy atom. The van der Waals surface area contributed by atoms with Gasteiger partial charge in [0.2, 0.25) is 5.78 Å². The highest BCUT2D eigenvalue weighted by Crippen LogP contribution is 2.34. The van der Waals surface area contributed by atoms with E-state index in [1.807, 2.05) is 12.1 Å². The van der Waals surface area contributed by atoms with E-state index >= 15 is 0 Å². The SMILES string of the molecule is CCCCCCCCCCCCCCCc1cccc(OC(CC)C(=O)Nc2cc(OC(Cl)(C(=O)Nc3ccccc3)C(=O)C(C)(C)C)ccc2C(=O)O)c1. The van der Waals surface area contributed by atoms with Gasteiger partial charge in [0.25, 0.3) is 11.8 Å². The predicted octanol–water partition coefficient (Wildman–Crippen LogP) is 11.4. The number of unbranched alkanes of at least 4 members (excludes halogenated alkanes) is 12. The standard InChI is InChI=1S/C45H61ClN2O7/c1-6-8-9-10-11-12-13-14-15-16-17-18-20-24-33-25-23-28-35(31-33)54-39(7-2)40(49)48-38-32-36(29-30-37(38)41(50)51)55-45(46,42(52)44(3,4)5)43(53)47-34-26-21-19-22-27-34/h19,21-23,25-32,39H,6-18,20,24H2,1-5H3,(H,47,53)(H,48,49)(H,50,51). The number of ether oxygens (including phenoxy) is 2. The van der Waals surface area contributed by atoms with E-state index in [1.165, 1.54) is 95.2 Å². The van der Waals surface area contributed by atoms with Gasteiger partial charge in [-0.15, -0.1) is 0 Å². The van der Waals surface area contributed by atoms with Crippen molar-refractivity contribution in [3.63, 3.8) is 0 Å². The Balaban J connectivity index is 1.61. The van der Waals surface area contributed by atoms with Gasteiger partial charge in [-0.05, 0) is 61.2 Å². The number of aryl methyl sites for hydroxylation is 1. The molecule has 0 aliphatic heterocycles. The molecule has 0 heterocycles. The maximum Gasteiger partial charge on any atom is 0.337 e. The van der Waals surface area contributed by atoms with Gasteiger partial charge in [0, 0.05) is 17.2 Å². The molecule has 0 radical (unpaired) electrons. The number of hydrogen-bond donors (Lipinski definition) is 3. The molecule has 0 saturated carbocycles. The summed E-state index contributed by atoms with van der Waals surface area (Å²) in [6.07, 6.45) is 17.2. The number of amides is 2. The summed E-state index contributed by atoms with van der Waals surface area (Å²) in [5.41, 5.74) is 0.0843. The molecule has 3 aromatic carbocycles. The second kappa shape index (κ2) is 22.9. The Labute approximate surface area is 332 Å². The average Bonchev–Trinajstić information content (AvgIpc) is 3.15. The van der Waals surface area contributed by atoms with Crippen molar-refractivity contribution in [2.75, 3.05) is 10.6 Å². The quantitative estimate of drug-likeness (QED) is 0.0443. The lowest BCUT2D eigenvalue weighted by Crippen LogP contribution is -2.54. The molecule has 0 aromatic heterocycles. The van der Waals surface area contributed by atoms with E-state index in [1.54, 1.807) is 64.1 Å². The molecule has 2 unspecified atom stereocenters. The van der Waals surface area contributed by atoms with Crippen LogP contribution in [-0.2, 0) is 20.8 Å². The van der Waals surface area contributed by atoms with Gasteiger partial charge in [0.15, 0.2) is 6.10 Å². The largest absolute Gasteiger partial charge is 0.481 e. The molecular formula is C45H61ClN2O7. The molecule has 3 aromatic rings. The molecule has 0 bridgehead atoms. The summed E-state index contributed by atoms with van der Waals surface area (Å²) >= 11 is 6.73. The fourth-order valence-electron chi connectivity index (χ4n) is 6.27. The van der Waals surface area contributed by atoms with Crippen LogP contribution in [0.1, 0.15) is 140 Å². The number of ketones is 1. The third-order valence-electron chi connectivity index (χ3n) is 9.44. The molecule has 0 fully saturated rings. The van der Waals surface area contributed by atoms with Crippen LogP contribution in [-0.4, -0.2) is 39.8 Å². The number of alkyl halides is 1. The summed E-state index contributed by atoms with van der Waals surface area (Å²) in [5, 5.41) is 12.7. The third-order valence-corrected chi connectivity index (χ3v) is 9.86. The van der Waals surface area contributed by atoms with Crippen LogP contribution in [0.25, 0.3) is 0 Å². The van der Waals surface area contributed by atoms with E-state index in [0.717, 1.165) is 18.4 Å². The summed E-state index contributed by atoms with van der Waals surface area (Å²) < 4.78 is 12.0. The fourth-order valence-corrected chi connectivity index (χ4v) is 6.69. The Kier molecular flexibility index (Phi) is 18.7. The zero-order valence-electron chi connectivity index (χ0n) is 33.4. The summed E-state index contributed by atoms with van der Waals surface area (Å²) in [4.78, 5) is 52.8. The van der Waals surface area contributed by atoms with E-state index in [0.29, 0.717) is 17.9 Å². The van der Waals surface area contributed by atoms with Crippen molar-refractivity contribution in [1.29, 1.82) is 0 Å². The Morgan fingerprint density at radius 1 is 0.709 bits per heavy atom. The molecule has 300 valence electrons. The molecule has 2 atom stereocenters. The predicted molar refractivity (Wildman–Crippen MR) is 221 cm³/mol. The maximum atomic E-state index is 13.6. The van der Waals surface area contributed by atoms with Crippen molar-refractivity contribution in [3.05, 3.63) is 83.9 Å². The minimum Gasteiger partial charge on any atom is -0.481 e. The first-order valence-corrected chi connectivity index (χ1v) is 20.4. The molecule has 9 nitrogen and oxygen atoms in total. The number of para-hydroxylation sites is 1. The van der Waals surface area contributed by atoms with Crippen LogP contribution in [0.5, 0.6) is 11.5 Å². The maximum absolute atomic E-state index is 13.6. The molecule has 0 aliphatic rings. The second-order valence-corrected chi connectivity index (χ2v) is 15.8. The molecule has 0 aliphatic carbocycles. The van der Waals surface area contributed by atoms with Crippen molar-refractivity contribution in [3.8, 4) is 11.5 Å². The molecule has 0 spiro atoms. The summed E-state index contributed by atoms with van der Waals surface area (Å²) in [5.74, 6) is -3.09. The van der Waals surface area contributed by atoms with E-state index < -0.39 is 40.1 Å². The fraction of sp³-hybridized carbons (Fsp3) is 0.511. The summed E-state index contributed by atoms with van der Waals surface area (Å²) in [6.45, 7) is 8.86. The van der Waals surface area contributed by atoms with Crippen molar-refractivity contribution in [1.82, 2.24) is 0 Å². The van der Waals surface area contributed by atoms with Crippen molar-refractivity contribution in [2.24, 2.45) is 5.41 Å². The molecule has 55 heavy (non-hydrogen) atoms. The van der Waals surface area contributed by atoms with Crippen LogP contribution in [0.15, 0.2) is 72.8 Å². The van der Waals surface area contributed by atoms with Gasteiger partial charge in [0.05, 0.1) is 11.3 Å². The highest BCUT2D eigenvalue weighted by atomic mass is 35.5. The van der Waals surface area contributed by atoms with Crippen LogP contribution < -0.4 is 20.1 Å². The number of carboxylic acids is 1. The third kappa shape index (κ3) is 15.0. The highest BCUT2D eigenvalue weighted by Gasteiger charge is 2.51. The number of rotatable bonds is 25. The normalized spacial score (nSPS) is 13.0. The number of Topliss-reactive ketones (excluding diaryl/α,β-unsaturated/α-hetero) is 1. The van der Waals surface area contributed by atoms with Gasteiger partial charge in [0.1, 0.15) is 11.5 Å². The zero-order chi connectivity index (χ0) is 40.3. The van der Waals surface area contributed by atoms with Crippen LogP contribution in [0.4, 0.5) is 11.4 Å². The first kappa shape index (κ1) is 45.0. The van der Waals surface area contributed by atoms with Crippen molar-refractivity contribution >= 4 is 46.5 Å². The second-order valence-electron chi connectivity index (χ2n) is 15.3. The van der Waals surface area contributed by atoms with E-state index in [2.05, 4.69) is 23.6 Å². The van der Waals surface area contributed by atoms with Crippen LogP contribution >= 0.6 is 11.6 Å². The number of carbonyl (C=O) groups is 4. The Bertz CT molecular complexity index is 1670. The van der Waals surface area contributed by atoms with E-state index in [-0.39, 0.29) is 17.0 Å². The lowest BCUT2D eigenvalue weighted by molar-refractivity contribution is -0.144. The number of aromatic carboxylic acids is 1. The molecule has 3 N–H and O–H groups in total. The minimum atomic E-state index is -2.52. The first-order chi connectivity index (χ1) is 26.3. The molecule has 3 rings (SSSR count). The van der Waals surface area contributed by atoms with E-state index in [9.17, 15) is 24.3 Å². The molecule has 10 heteroatoms. The zero-order valence-corrected chi connectivity index (χ0v) is 34.1. The van der Waals surface area contributed by atoms with Crippen LogP contribution in [0.2, 0.25) is 0 Å². The molecular weight excluding hydrogens is 716 g/mol. The highest BCUT2D eigenvalue weighted by molar-refractivity contribution is 6.47. The van der Waals surface area contributed by atoms with Crippen molar-refractivity contribution < 1.29 is 33.8 Å². The minimum absolute atomic E-state index is 0.106. The number of hydrogen-bond acceptors (Lipinski definition) is 6. The summed E-state index contributed by atoms with van der Waals surface area (Å²) in [6, 6.07) is 19.9. The Hall–Kier alpha value is -4.37. The monoisotopic (exact) mass is 776 g/mol. The van der Waals surface area contributed by atoms with Gasteiger partial charge < -0.3 is 25.2 Å².